The number of benzene rings is 1. The van der Waals surface area contributed by atoms with Crippen molar-refractivity contribution < 1.29 is 11.0 Å². The SMILES string of the molecule is C[C@@H]1CC(=O)CCN1C(=O)c1ccc(N)c(N)c1.N.[HH]. The van der Waals surface area contributed by atoms with Crippen molar-refractivity contribution in [3.8, 4) is 0 Å². The van der Waals surface area contributed by atoms with Crippen molar-refractivity contribution in [1.82, 2.24) is 11.1 Å². The van der Waals surface area contributed by atoms with Crippen LogP contribution in [0.4, 0.5) is 11.4 Å². The molecule has 6 heteroatoms. The Hall–Kier alpha value is -2.08. The van der Waals surface area contributed by atoms with Gasteiger partial charge in [-0.3, -0.25) is 9.59 Å². The van der Waals surface area contributed by atoms with Crippen LogP contribution in [0.25, 0.3) is 0 Å². The highest BCUT2D eigenvalue weighted by Gasteiger charge is 2.28. The summed E-state index contributed by atoms with van der Waals surface area (Å²) in [5.41, 5.74) is 12.7. The number of hydrogen-bond acceptors (Lipinski definition) is 5. The largest absolute Gasteiger partial charge is 0.397 e. The summed E-state index contributed by atoms with van der Waals surface area (Å²) in [4.78, 5) is 25.3. The zero-order chi connectivity index (χ0) is 13.3. The number of rotatable bonds is 1. The van der Waals surface area contributed by atoms with E-state index in [1.807, 2.05) is 6.92 Å². The molecule has 0 bridgehead atoms. The lowest BCUT2D eigenvalue weighted by atomic mass is 10.0. The first kappa shape index (κ1) is 15.0. The minimum absolute atomic E-state index is 0. The second kappa shape index (κ2) is 5.71. The van der Waals surface area contributed by atoms with E-state index in [-0.39, 0.29) is 25.3 Å². The maximum atomic E-state index is 12.3. The molecule has 1 aliphatic heterocycles. The van der Waals surface area contributed by atoms with E-state index in [2.05, 4.69) is 0 Å². The topological polar surface area (TPSA) is 124 Å². The van der Waals surface area contributed by atoms with Gasteiger partial charge in [0.05, 0.1) is 11.4 Å². The number of likely N-dealkylation sites (tertiary alicyclic amines) is 1. The predicted octanol–water partition coefficient (Wildman–Crippen LogP) is 1.45. The van der Waals surface area contributed by atoms with E-state index in [4.69, 9.17) is 11.5 Å². The number of carbonyl (C=O) groups excluding carboxylic acids is 2. The third-order valence-electron chi connectivity index (χ3n) is 3.28. The number of Topliss-reactive ketones (excluding diaryl/α,β-unsaturated/α-hetero) is 1. The van der Waals surface area contributed by atoms with Gasteiger partial charge in [0.1, 0.15) is 5.78 Å². The Morgan fingerprint density at radius 3 is 2.63 bits per heavy atom. The summed E-state index contributed by atoms with van der Waals surface area (Å²) in [5, 5.41) is 0. The molecule has 1 amide bonds. The van der Waals surface area contributed by atoms with Gasteiger partial charge < -0.3 is 22.5 Å². The number of piperidine rings is 1. The van der Waals surface area contributed by atoms with Crippen LogP contribution in [-0.4, -0.2) is 29.2 Å². The zero-order valence-electron chi connectivity index (χ0n) is 11.1. The molecule has 1 aromatic carbocycles. The fraction of sp³-hybridized carbons (Fsp3) is 0.385. The highest BCUT2D eigenvalue weighted by Crippen LogP contribution is 2.21. The monoisotopic (exact) mass is 266 g/mol. The lowest BCUT2D eigenvalue weighted by Gasteiger charge is -2.32. The summed E-state index contributed by atoms with van der Waals surface area (Å²) in [6.07, 6.45) is 0.858. The molecule has 1 aromatic rings. The van der Waals surface area contributed by atoms with Gasteiger partial charge in [0.25, 0.3) is 5.91 Å². The number of hydrogen-bond donors (Lipinski definition) is 3. The van der Waals surface area contributed by atoms with E-state index < -0.39 is 0 Å². The fourth-order valence-corrected chi connectivity index (χ4v) is 2.18. The standard InChI is InChI=1S/C13H17N3O2.H3N.H2/c1-8-6-10(17)4-5-16(8)13(18)9-2-3-11(14)12(15)7-9;;/h2-3,7-8H,4-6,14-15H2,1H3;1H3;1H/t8-;;/m1../s1. The third kappa shape index (κ3) is 3.03. The highest BCUT2D eigenvalue weighted by atomic mass is 16.2. The number of anilines is 2. The molecule has 0 unspecified atom stereocenters. The van der Waals surface area contributed by atoms with Gasteiger partial charge in [-0.2, -0.15) is 0 Å². The van der Waals surface area contributed by atoms with Gasteiger partial charge in [-0.25, -0.2) is 0 Å². The van der Waals surface area contributed by atoms with Crippen LogP contribution in [0.3, 0.4) is 0 Å². The van der Waals surface area contributed by atoms with Crippen molar-refractivity contribution in [2.24, 2.45) is 0 Å². The van der Waals surface area contributed by atoms with Crippen molar-refractivity contribution >= 4 is 23.1 Å². The number of ketones is 1. The number of nitrogen functional groups attached to an aromatic ring is 2. The fourth-order valence-electron chi connectivity index (χ4n) is 2.18. The third-order valence-corrected chi connectivity index (χ3v) is 3.28. The quantitative estimate of drug-likeness (QED) is 0.663. The van der Waals surface area contributed by atoms with Crippen LogP contribution in [0, 0.1) is 0 Å². The Morgan fingerprint density at radius 2 is 2.05 bits per heavy atom. The Bertz CT molecular complexity index is 507. The first-order valence-electron chi connectivity index (χ1n) is 5.96. The van der Waals surface area contributed by atoms with Gasteiger partial charge in [-0.1, -0.05) is 0 Å². The first-order valence-corrected chi connectivity index (χ1v) is 5.96. The number of nitrogens with two attached hydrogens (primary N) is 2. The predicted molar refractivity (Wildman–Crippen MR) is 77.1 cm³/mol. The van der Waals surface area contributed by atoms with Gasteiger partial charge in [-0.15, -0.1) is 0 Å². The summed E-state index contributed by atoms with van der Waals surface area (Å²) >= 11 is 0. The van der Waals surface area contributed by atoms with Crippen LogP contribution in [-0.2, 0) is 4.79 Å². The number of nitrogens with zero attached hydrogens (tertiary/aromatic N) is 1. The second-order valence-corrected chi connectivity index (χ2v) is 4.68. The Balaban J connectivity index is 0.00000180. The van der Waals surface area contributed by atoms with E-state index in [1.54, 1.807) is 23.1 Å². The van der Waals surface area contributed by atoms with Gasteiger partial charge >= 0.3 is 0 Å². The Kier molecular flexibility index (Phi) is 4.50. The van der Waals surface area contributed by atoms with Gasteiger partial charge in [0.15, 0.2) is 0 Å². The molecule has 1 fully saturated rings. The molecule has 1 saturated heterocycles. The van der Waals surface area contributed by atoms with Crippen molar-refractivity contribution in [2.75, 3.05) is 18.0 Å². The molecule has 106 valence electrons. The summed E-state index contributed by atoms with van der Waals surface area (Å²) < 4.78 is 0. The van der Waals surface area contributed by atoms with Crippen LogP contribution in [0.2, 0.25) is 0 Å². The molecule has 1 heterocycles. The second-order valence-electron chi connectivity index (χ2n) is 4.68. The molecule has 0 radical (unpaired) electrons. The molecule has 0 aliphatic carbocycles. The molecule has 0 aromatic heterocycles. The number of carbonyl (C=O) groups is 2. The first-order chi connectivity index (χ1) is 8.49. The molecule has 0 spiro atoms. The summed E-state index contributed by atoms with van der Waals surface area (Å²) in [6.45, 7) is 2.36. The molecular formula is C13H22N4O2. The summed E-state index contributed by atoms with van der Waals surface area (Å²) in [6, 6.07) is 4.82. The van der Waals surface area contributed by atoms with Gasteiger partial charge in [0.2, 0.25) is 0 Å². The lowest BCUT2D eigenvalue weighted by Crippen LogP contribution is -2.44. The maximum absolute atomic E-state index is 12.3. The van der Waals surface area contributed by atoms with Gasteiger partial charge in [-0.05, 0) is 25.1 Å². The van der Waals surface area contributed by atoms with Crippen LogP contribution < -0.4 is 17.6 Å². The van der Waals surface area contributed by atoms with Crippen molar-refractivity contribution in [1.29, 1.82) is 0 Å². The molecule has 2 rings (SSSR count). The van der Waals surface area contributed by atoms with Crippen LogP contribution in [0.5, 0.6) is 0 Å². The van der Waals surface area contributed by atoms with E-state index in [0.29, 0.717) is 36.3 Å². The average Bonchev–Trinajstić information content (AvgIpc) is 2.32. The van der Waals surface area contributed by atoms with Crippen molar-refractivity contribution in [2.45, 2.75) is 25.8 Å². The smallest absolute Gasteiger partial charge is 0.254 e. The van der Waals surface area contributed by atoms with E-state index in [1.165, 1.54) is 0 Å². The summed E-state index contributed by atoms with van der Waals surface area (Å²) in [5.74, 6) is 0.116. The van der Waals surface area contributed by atoms with E-state index in [0.717, 1.165) is 0 Å². The molecular weight excluding hydrogens is 244 g/mol. The normalized spacial score (nSPS) is 18.9. The molecule has 0 saturated carbocycles. The van der Waals surface area contributed by atoms with Crippen LogP contribution in [0.15, 0.2) is 18.2 Å². The highest BCUT2D eigenvalue weighted by molar-refractivity contribution is 5.97. The molecule has 1 atom stereocenters. The Labute approximate surface area is 113 Å². The van der Waals surface area contributed by atoms with Crippen molar-refractivity contribution in [3.63, 3.8) is 0 Å². The van der Waals surface area contributed by atoms with E-state index >= 15 is 0 Å². The molecule has 19 heavy (non-hydrogen) atoms. The molecule has 7 N–H and O–H groups in total. The van der Waals surface area contributed by atoms with Crippen LogP contribution >= 0.6 is 0 Å². The van der Waals surface area contributed by atoms with Crippen LogP contribution in [0.1, 0.15) is 31.6 Å². The van der Waals surface area contributed by atoms with E-state index in [9.17, 15) is 9.59 Å². The average molecular weight is 266 g/mol. The Morgan fingerprint density at radius 1 is 1.37 bits per heavy atom. The molecule has 1 aliphatic rings. The maximum Gasteiger partial charge on any atom is 0.254 e. The minimum Gasteiger partial charge on any atom is -0.397 e. The minimum atomic E-state index is -0.0956. The van der Waals surface area contributed by atoms with Gasteiger partial charge in [0, 0.05) is 32.4 Å². The van der Waals surface area contributed by atoms with Crippen molar-refractivity contribution in [3.05, 3.63) is 23.8 Å². The zero-order valence-corrected chi connectivity index (χ0v) is 11.1. The summed E-state index contributed by atoms with van der Waals surface area (Å²) in [7, 11) is 0. The molecule has 6 nitrogen and oxygen atoms in total. The lowest BCUT2D eigenvalue weighted by molar-refractivity contribution is -0.122. The number of amides is 1.